The average molecular weight is 483 g/mol. The van der Waals surface area contributed by atoms with E-state index in [4.69, 9.17) is 9.84 Å². The Balaban J connectivity index is 1.52. The van der Waals surface area contributed by atoms with E-state index in [1.54, 1.807) is 0 Å². The van der Waals surface area contributed by atoms with Crippen molar-refractivity contribution in [1.29, 1.82) is 0 Å². The zero-order chi connectivity index (χ0) is 25.2. The molecule has 1 heterocycles. The molecule has 0 unspecified atom stereocenters. The lowest BCUT2D eigenvalue weighted by molar-refractivity contribution is -0.136. The molecule has 2 N–H and O–H groups in total. The van der Waals surface area contributed by atoms with Gasteiger partial charge in [0.15, 0.2) is 0 Å². The monoisotopic (exact) mass is 482 g/mol. The smallest absolute Gasteiger partial charge is 0.317 e. The minimum Gasteiger partial charge on any atom is -0.492 e. The predicted molar refractivity (Wildman–Crippen MR) is 144 cm³/mol. The van der Waals surface area contributed by atoms with Gasteiger partial charge >= 0.3 is 5.97 Å². The van der Waals surface area contributed by atoms with Crippen LogP contribution < -0.4 is 10.1 Å². The van der Waals surface area contributed by atoms with E-state index in [-0.39, 0.29) is 6.54 Å². The van der Waals surface area contributed by atoms with Gasteiger partial charge in [-0.2, -0.15) is 0 Å². The van der Waals surface area contributed by atoms with Crippen molar-refractivity contribution in [3.05, 3.63) is 89.0 Å². The largest absolute Gasteiger partial charge is 0.492 e. The molecule has 0 spiro atoms. The van der Waals surface area contributed by atoms with Crippen LogP contribution in [0.3, 0.4) is 0 Å². The summed E-state index contributed by atoms with van der Waals surface area (Å²) >= 11 is 0. The fraction of sp³-hybridized carbons (Fsp3) is 0.323. The van der Waals surface area contributed by atoms with Gasteiger partial charge in [0.1, 0.15) is 12.4 Å². The molecule has 0 aliphatic carbocycles. The minimum atomic E-state index is -0.877. The predicted octanol–water partition coefficient (Wildman–Crippen LogP) is 5.10. The molecular weight excluding hydrogens is 448 g/mol. The molecule has 3 aromatic rings. The summed E-state index contributed by atoms with van der Waals surface area (Å²) in [6.07, 6.45) is 3.81. The van der Waals surface area contributed by atoms with Crippen LogP contribution in [0.25, 0.3) is 11.1 Å². The summed E-state index contributed by atoms with van der Waals surface area (Å²) in [6.45, 7) is 6.19. The number of hydrogen-bond donors (Lipinski definition) is 2. The molecule has 0 atom stereocenters. The molecule has 4 rings (SSSR count). The highest BCUT2D eigenvalue weighted by Gasteiger charge is 2.11. The first kappa shape index (κ1) is 25.5. The van der Waals surface area contributed by atoms with Crippen molar-refractivity contribution in [1.82, 2.24) is 10.2 Å². The first-order valence-electron chi connectivity index (χ1n) is 12.7. The Labute approximate surface area is 214 Å². The van der Waals surface area contributed by atoms with Crippen LogP contribution in [0.4, 0.5) is 0 Å². The van der Waals surface area contributed by atoms with Gasteiger partial charge in [-0.1, -0.05) is 66.8 Å². The van der Waals surface area contributed by atoms with E-state index in [9.17, 15) is 4.79 Å². The highest BCUT2D eigenvalue weighted by Crippen LogP contribution is 2.25. The fourth-order valence-electron chi connectivity index (χ4n) is 4.53. The maximum atomic E-state index is 10.9. The lowest BCUT2D eigenvalue weighted by Crippen LogP contribution is -2.33. The van der Waals surface area contributed by atoms with E-state index < -0.39 is 5.97 Å². The van der Waals surface area contributed by atoms with E-state index in [0.717, 1.165) is 47.6 Å². The Morgan fingerprint density at radius 3 is 2.58 bits per heavy atom. The Kier molecular flexibility index (Phi) is 9.15. The summed E-state index contributed by atoms with van der Waals surface area (Å²) in [5.74, 6) is 6.53. The highest BCUT2D eigenvalue weighted by atomic mass is 16.5. The molecule has 36 heavy (non-hydrogen) atoms. The van der Waals surface area contributed by atoms with Crippen molar-refractivity contribution in [2.45, 2.75) is 32.7 Å². The van der Waals surface area contributed by atoms with Crippen LogP contribution in [-0.2, 0) is 11.3 Å². The Morgan fingerprint density at radius 1 is 1.00 bits per heavy atom. The zero-order valence-corrected chi connectivity index (χ0v) is 20.9. The summed E-state index contributed by atoms with van der Waals surface area (Å²) < 4.78 is 6.19. The molecule has 1 aliphatic heterocycles. The second kappa shape index (κ2) is 12.9. The lowest BCUT2D eigenvalue weighted by Gasteiger charge is -2.26. The maximum absolute atomic E-state index is 10.9. The van der Waals surface area contributed by atoms with E-state index >= 15 is 0 Å². The van der Waals surface area contributed by atoms with Crippen molar-refractivity contribution in [2.24, 2.45) is 0 Å². The van der Waals surface area contributed by atoms with Gasteiger partial charge in [0.05, 0.1) is 6.54 Å². The standard InChI is InChI=1S/C31H34N2O3/c1-24-26(11-8-12-29(24)27-9-4-2-5-10-27)15-13-25-14-16-28(22-32-23-31(34)35)30(21-25)36-20-19-33-17-6-3-7-18-33/h2,4-5,8-12,14,16,21,32H,3,6-7,17-20,22-23H2,1H3,(H,34,35). The second-order valence-corrected chi connectivity index (χ2v) is 9.16. The van der Waals surface area contributed by atoms with E-state index in [2.05, 4.69) is 53.2 Å². The Bertz CT molecular complexity index is 1220. The van der Waals surface area contributed by atoms with Gasteiger partial charge in [0, 0.05) is 29.8 Å². The average Bonchev–Trinajstić information content (AvgIpc) is 2.90. The van der Waals surface area contributed by atoms with Crippen molar-refractivity contribution < 1.29 is 14.6 Å². The van der Waals surface area contributed by atoms with E-state index in [0.29, 0.717) is 13.2 Å². The van der Waals surface area contributed by atoms with Crippen molar-refractivity contribution in [2.75, 3.05) is 32.8 Å². The molecule has 1 aliphatic rings. The summed E-state index contributed by atoms with van der Waals surface area (Å²) in [4.78, 5) is 13.4. The summed E-state index contributed by atoms with van der Waals surface area (Å²) in [5.41, 5.74) is 6.32. The topological polar surface area (TPSA) is 61.8 Å². The molecule has 5 nitrogen and oxygen atoms in total. The van der Waals surface area contributed by atoms with Crippen molar-refractivity contribution in [3.8, 4) is 28.7 Å². The van der Waals surface area contributed by atoms with Gasteiger partial charge in [0.25, 0.3) is 0 Å². The number of nitrogens with one attached hydrogen (secondary N) is 1. The molecule has 0 amide bonds. The normalized spacial score (nSPS) is 13.6. The number of nitrogens with zero attached hydrogens (tertiary/aromatic N) is 1. The Morgan fingerprint density at radius 2 is 1.81 bits per heavy atom. The van der Waals surface area contributed by atoms with Gasteiger partial charge in [-0.25, -0.2) is 0 Å². The maximum Gasteiger partial charge on any atom is 0.317 e. The third kappa shape index (κ3) is 7.21. The SMILES string of the molecule is Cc1c(C#Cc2ccc(CNCC(=O)O)c(OCCN3CCCCC3)c2)cccc1-c1ccccc1. The highest BCUT2D eigenvalue weighted by molar-refractivity contribution is 5.70. The number of benzene rings is 3. The molecule has 0 radical (unpaired) electrons. The first-order chi connectivity index (χ1) is 17.6. The minimum absolute atomic E-state index is 0.0915. The van der Waals surface area contributed by atoms with Crippen LogP contribution in [0.2, 0.25) is 0 Å². The molecule has 1 saturated heterocycles. The third-order valence-corrected chi connectivity index (χ3v) is 6.53. The number of likely N-dealkylation sites (tertiary alicyclic amines) is 1. The summed E-state index contributed by atoms with van der Waals surface area (Å²) in [6, 6.07) is 22.5. The molecular formula is C31H34N2O3. The summed E-state index contributed by atoms with van der Waals surface area (Å²) in [5, 5.41) is 11.9. The lowest BCUT2D eigenvalue weighted by atomic mass is 9.96. The van der Waals surface area contributed by atoms with Gasteiger partial charge < -0.3 is 15.2 Å². The number of carbonyl (C=O) groups is 1. The van der Waals surface area contributed by atoms with Crippen molar-refractivity contribution in [3.63, 3.8) is 0 Å². The second-order valence-electron chi connectivity index (χ2n) is 9.16. The molecule has 5 heteroatoms. The molecule has 3 aromatic carbocycles. The van der Waals surface area contributed by atoms with E-state index in [1.807, 2.05) is 42.5 Å². The van der Waals surface area contributed by atoms with Gasteiger partial charge in [0.2, 0.25) is 0 Å². The Hall–Kier alpha value is -3.59. The number of piperidine rings is 1. The number of ether oxygens (including phenoxy) is 1. The van der Waals surface area contributed by atoms with Crippen LogP contribution in [0.5, 0.6) is 5.75 Å². The number of carboxylic acids is 1. The molecule has 0 saturated carbocycles. The van der Waals surface area contributed by atoms with Crippen LogP contribution in [0.15, 0.2) is 66.7 Å². The van der Waals surface area contributed by atoms with Crippen LogP contribution in [0.1, 0.15) is 41.5 Å². The first-order valence-corrected chi connectivity index (χ1v) is 12.7. The quantitative estimate of drug-likeness (QED) is 0.416. The number of rotatable bonds is 9. The molecule has 1 fully saturated rings. The molecule has 0 bridgehead atoms. The fourth-order valence-corrected chi connectivity index (χ4v) is 4.53. The summed E-state index contributed by atoms with van der Waals surface area (Å²) in [7, 11) is 0. The molecule has 186 valence electrons. The van der Waals surface area contributed by atoms with Gasteiger partial charge in [-0.3, -0.25) is 9.69 Å². The molecule has 0 aromatic heterocycles. The number of hydrogen-bond acceptors (Lipinski definition) is 4. The zero-order valence-electron chi connectivity index (χ0n) is 20.9. The third-order valence-electron chi connectivity index (χ3n) is 6.53. The van der Waals surface area contributed by atoms with Crippen LogP contribution in [0, 0.1) is 18.8 Å². The van der Waals surface area contributed by atoms with E-state index in [1.165, 1.54) is 30.4 Å². The van der Waals surface area contributed by atoms with Crippen LogP contribution in [-0.4, -0.2) is 48.8 Å². The van der Waals surface area contributed by atoms with Crippen molar-refractivity contribution >= 4 is 5.97 Å². The number of carboxylic acid groups (broad SMARTS) is 1. The van der Waals surface area contributed by atoms with Gasteiger partial charge in [-0.05, 0) is 67.7 Å². The van der Waals surface area contributed by atoms with Gasteiger partial charge in [-0.15, -0.1) is 0 Å². The van der Waals surface area contributed by atoms with Crippen LogP contribution >= 0.6 is 0 Å². The number of aliphatic carboxylic acids is 1.